The zero-order valence-corrected chi connectivity index (χ0v) is 13.6. The van der Waals surface area contributed by atoms with Crippen molar-refractivity contribution >= 4 is 0 Å². The SMILES string of the molecule is CC(C)c1nnc(COc2ccc(-c3ccc(C#N)cc3)cc2)o1. The number of aromatic nitrogens is 2. The van der Waals surface area contributed by atoms with E-state index >= 15 is 0 Å². The van der Waals surface area contributed by atoms with Crippen LogP contribution in [0.25, 0.3) is 11.1 Å². The molecule has 0 aliphatic carbocycles. The molecule has 1 aromatic heterocycles. The van der Waals surface area contributed by atoms with Gasteiger partial charge in [0.15, 0.2) is 6.61 Å². The number of rotatable bonds is 5. The molecule has 0 fully saturated rings. The molecule has 0 saturated heterocycles. The summed E-state index contributed by atoms with van der Waals surface area (Å²) in [7, 11) is 0. The summed E-state index contributed by atoms with van der Waals surface area (Å²) in [5.41, 5.74) is 2.77. The Bertz CT molecular complexity index is 844. The van der Waals surface area contributed by atoms with E-state index in [1.807, 2.05) is 62.4 Å². The minimum absolute atomic E-state index is 0.206. The van der Waals surface area contributed by atoms with Crippen LogP contribution in [0.5, 0.6) is 5.75 Å². The zero-order chi connectivity index (χ0) is 16.9. The topological polar surface area (TPSA) is 71.9 Å². The molecular weight excluding hydrogens is 302 g/mol. The van der Waals surface area contributed by atoms with E-state index in [-0.39, 0.29) is 12.5 Å². The standard InChI is InChI=1S/C19H17N3O2/c1-13(2)19-22-21-18(24-19)12-23-17-9-7-16(8-10-17)15-5-3-14(11-20)4-6-15/h3-10,13H,12H2,1-2H3. The fourth-order valence-corrected chi connectivity index (χ4v) is 2.18. The van der Waals surface area contributed by atoms with E-state index in [1.165, 1.54) is 0 Å². The molecule has 0 saturated carbocycles. The first-order chi connectivity index (χ1) is 11.7. The molecule has 120 valence electrons. The number of hydrogen-bond acceptors (Lipinski definition) is 5. The number of benzene rings is 2. The van der Waals surface area contributed by atoms with Crippen molar-refractivity contribution in [3.8, 4) is 22.9 Å². The first-order valence-electron chi connectivity index (χ1n) is 7.71. The number of ether oxygens (including phenoxy) is 1. The van der Waals surface area contributed by atoms with Crippen LogP contribution in [0.4, 0.5) is 0 Å². The van der Waals surface area contributed by atoms with Crippen molar-refractivity contribution in [2.45, 2.75) is 26.4 Å². The predicted molar refractivity (Wildman–Crippen MR) is 89.3 cm³/mol. The van der Waals surface area contributed by atoms with E-state index in [2.05, 4.69) is 16.3 Å². The van der Waals surface area contributed by atoms with E-state index in [1.54, 1.807) is 0 Å². The molecule has 3 aromatic rings. The minimum atomic E-state index is 0.206. The molecule has 0 unspecified atom stereocenters. The Morgan fingerprint density at radius 2 is 1.62 bits per heavy atom. The number of hydrogen-bond donors (Lipinski definition) is 0. The van der Waals surface area contributed by atoms with Gasteiger partial charge in [-0.15, -0.1) is 10.2 Å². The summed E-state index contributed by atoms with van der Waals surface area (Å²) in [5.74, 6) is 2.02. The quantitative estimate of drug-likeness (QED) is 0.700. The van der Waals surface area contributed by atoms with Crippen LogP contribution in [0, 0.1) is 11.3 Å². The smallest absolute Gasteiger partial charge is 0.253 e. The van der Waals surface area contributed by atoms with Gasteiger partial charge in [-0.2, -0.15) is 5.26 Å². The maximum Gasteiger partial charge on any atom is 0.253 e. The lowest BCUT2D eigenvalue weighted by Crippen LogP contribution is -1.95. The molecule has 0 aliphatic heterocycles. The van der Waals surface area contributed by atoms with Crippen LogP contribution in [0.3, 0.4) is 0 Å². The Labute approximate surface area is 140 Å². The van der Waals surface area contributed by atoms with Gasteiger partial charge in [0.1, 0.15) is 5.75 Å². The van der Waals surface area contributed by atoms with Crippen LogP contribution in [0.2, 0.25) is 0 Å². The van der Waals surface area contributed by atoms with E-state index < -0.39 is 0 Å². The lowest BCUT2D eigenvalue weighted by Gasteiger charge is -2.06. The molecule has 0 aliphatic rings. The van der Waals surface area contributed by atoms with Gasteiger partial charge in [-0.3, -0.25) is 0 Å². The highest BCUT2D eigenvalue weighted by Gasteiger charge is 2.10. The van der Waals surface area contributed by atoms with E-state index in [0.717, 1.165) is 16.9 Å². The van der Waals surface area contributed by atoms with Gasteiger partial charge in [0, 0.05) is 5.92 Å². The van der Waals surface area contributed by atoms with Gasteiger partial charge in [-0.05, 0) is 35.4 Å². The maximum absolute atomic E-state index is 8.84. The molecule has 3 rings (SSSR count). The Morgan fingerprint density at radius 1 is 1.00 bits per heavy atom. The van der Waals surface area contributed by atoms with Crippen LogP contribution >= 0.6 is 0 Å². The van der Waals surface area contributed by atoms with Crippen LogP contribution in [0.15, 0.2) is 52.9 Å². The molecule has 5 nitrogen and oxygen atoms in total. The van der Waals surface area contributed by atoms with Crippen LogP contribution in [0.1, 0.15) is 37.1 Å². The molecule has 0 N–H and O–H groups in total. The monoisotopic (exact) mass is 319 g/mol. The molecule has 0 amide bonds. The Morgan fingerprint density at radius 3 is 2.17 bits per heavy atom. The Balaban J connectivity index is 1.64. The molecule has 0 bridgehead atoms. The van der Waals surface area contributed by atoms with Gasteiger partial charge in [-0.25, -0.2) is 0 Å². The summed E-state index contributed by atoms with van der Waals surface area (Å²) in [4.78, 5) is 0. The van der Waals surface area contributed by atoms with Crippen molar-refractivity contribution in [2.24, 2.45) is 0 Å². The summed E-state index contributed by atoms with van der Waals surface area (Å²) in [6.07, 6.45) is 0. The van der Waals surface area contributed by atoms with Gasteiger partial charge in [0.25, 0.3) is 5.89 Å². The number of nitrogens with zero attached hydrogens (tertiary/aromatic N) is 3. The summed E-state index contributed by atoms with van der Waals surface area (Å²) in [5, 5.41) is 16.8. The highest BCUT2D eigenvalue weighted by molar-refractivity contribution is 5.64. The average molecular weight is 319 g/mol. The fourth-order valence-electron chi connectivity index (χ4n) is 2.18. The molecule has 5 heteroatoms. The number of nitriles is 1. The third kappa shape index (κ3) is 3.61. The largest absolute Gasteiger partial charge is 0.484 e. The van der Waals surface area contributed by atoms with Crippen LogP contribution in [-0.2, 0) is 6.61 Å². The first-order valence-corrected chi connectivity index (χ1v) is 7.71. The highest BCUT2D eigenvalue weighted by atomic mass is 16.5. The van der Waals surface area contributed by atoms with Crippen molar-refractivity contribution in [2.75, 3.05) is 0 Å². The molecule has 0 spiro atoms. The van der Waals surface area contributed by atoms with E-state index in [4.69, 9.17) is 14.4 Å². The molecular formula is C19H17N3O2. The molecule has 1 heterocycles. The Hall–Kier alpha value is -3.13. The highest BCUT2D eigenvalue weighted by Crippen LogP contribution is 2.23. The second-order valence-electron chi connectivity index (χ2n) is 5.69. The third-order valence-corrected chi connectivity index (χ3v) is 3.54. The zero-order valence-electron chi connectivity index (χ0n) is 13.6. The summed E-state index contributed by atoms with van der Waals surface area (Å²) in [6.45, 7) is 4.25. The summed E-state index contributed by atoms with van der Waals surface area (Å²) < 4.78 is 11.2. The molecule has 24 heavy (non-hydrogen) atoms. The average Bonchev–Trinajstić information content (AvgIpc) is 3.10. The van der Waals surface area contributed by atoms with Gasteiger partial charge in [0.2, 0.25) is 5.89 Å². The van der Waals surface area contributed by atoms with Crippen molar-refractivity contribution in [3.63, 3.8) is 0 Å². The predicted octanol–water partition coefficient (Wildman–Crippen LogP) is 4.31. The molecule has 0 atom stereocenters. The lowest BCUT2D eigenvalue weighted by molar-refractivity contribution is 0.257. The van der Waals surface area contributed by atoms with E-state index in [9.17, 15) is 0 Å². The van der Waals surface area contributed by atoms with Crippen molar-refractivity contribution in [1.29, 1.82) is 5.26 Å². The summed E-state index contributed by atoms with van der Waals surface area (Å²) >= 11 is 0. The van der Waals surface area contributed by atoms with Gasteiger partial charge in [0.05, 0.1) is 11.6 Å². The molecule has 0 radical (unpaired) electrons. The van der Waals surface area contributed by atoms with Crippen molar-refractivity contribution < 1.29 is 9.15 Å². The Kier molecular flexibility index (Phi) is 4.57. The minimum Gasteiger partial charge on any atom is -0.484 e. The second kappa shape index (κ2) is 6.97. The van der Waals surface area contributed by atoms with Crippen molar-refractivity contribution in [1.82, 2.24) is 10.2 Å². The van der Waals surface area contributed by atoms with Gasteiger partial charge in [-0.1, -0.05) is 38.1 Å². The van der Waals surface area contributed by atoms with Crippen LogP contribution < -0.4 is 4.74 Å². The first kappa shape index (κ1) is 15.8. The van der Waals surface area contributed by atoms with Crippen molar-refractivity contribution in [3.05, 3.63) is 65.9 Å². The fraction of sp³-hybridized carbons (Fsp3) is 0.211. The van der Waals surface area contributed by atoms with Crippen LogP contribution in [-0.4, -0.2) is 10.2 Å². The molecule has 2 aromatic carbocycles. The second-order valence-corrected chi connectivity index (χ2v) is 5.69. The lowest BCUT2D eigenvalue weighted by atomic mass is 10.0. The maximum atomic E-state index is 8.84. The van der Waals surface area contributed by atoms with E-state index in [0.29, 0.717) is 17.3 Å². The summed E-state index contributed by atoms with van der Waals surface area (Å²) in [6, 6.07) is 17.3. The van der Waals surface area contributed by atoms with Gasteiger partial charge < -0.3 is 9.15 Å². The van der Waals surface area contributed by atoms with Gasteiger partial charge >= 0.3 is 0 Å². The normalized spacial score (nSPS) is 10.6. The third-order valence-electron chi connectivity index (χ3n) is 3.54.